The molecule has 1 aromatic carbocycles. The van der Waals surface area contributed by atoms with Crippen LogP contribution in [0.4, 0.5) is 4.39 Å². The monoisotopic (exact) mass is 334 g/mol. The van der Waals surface area contributed by atoms with Gasteiger partial charge in [0.2, 0.25) is 0 Å². The van der Waals surface area contributed by atoms with E-state index in [1.807, 2.05) is 0 Å². The number of halogens is 2. The first-order valence-corrected chi connectivity index (χ1v) is 8.78. The molecule has 0 aliphatic heterocycles. The number of hydrogen-bond donors (Lipinski definition) is 0. The third kappa shape index (κ3) is 3.47. The zero-order valence-electron chi connectivity index (χ0n) is 11.9. The number of aromatic nitrogens is 2. The maximum Gasteiger partial charge on any atom is 0.167 e. The van der Waals surface area contributed by atoms with Crippen LogP contribution in [0.1, 0.15) is 18.1 Å². The van der Waals surface area contributed by atoms with Gasteiger partial charge < -0.3 is 9.30 Å². The molecule has 116 valence electrons. The number of benzene rings is 1. The predicted molar refractivity (Wildman–Crippen MR) is 80.2 cm³/mol. The van der Waals surface area contributed by atoms with Gasteiger partial charge >= 0.3 is 0 Å². The molecule has 0 aliphatic rings. The lowest BCUT2D eigenvalue weighted by Gasteiger charge is -2.10. The van der Waals surface area contributed by atoms with E-state index >= 15 is 0 Å². The molecule has 1 heterocycles. The van der Waals surface area contributed by atoms with Gasteiger partial charge in [-0.05, 0) is 6.92 Å². The summed E-state index contributed by atoms with van der Waals surface area (Å²) in [7, 11) is -1.76. The van der Waals surface area contributed by atoms with E-state index in [9.17, 15) is 12.8 Å². The number of nitrogens with zero attached hydrogens (tertiary/aromatic N) is 2. The third-order valence-electron chi connectivity index (χ3n) is 3.09. The molecule has 0 spiro atoms. The topological polar surface area (TPSA) is 61.2 Å². The first kappa shape index (κ1) is 16.0. The van der Waals surface area contributed by atoms with Crippen LogP contribution in [-0.4, -0.2) is 37.1 Å². The number of aryl methyl sites for hydroxylation is 1. The Hall–Kier alpha value is -1.34. The molecule has 0 saturated carbocycles. The molecule has 0 aliphatic carbocycles. The van der Waals surface area contributed by atoms with Crippen LogP contribution >= 0.6 is 11.6 Å². The summed E-state index contributed by atoms with van der Waals surface area (Å²) >= 11 is 6.09. The van der Waals surface area contributed by atoms with Crippen molar-refractivity contribution in [3.05, 3.63) is 23.8 Å². The van der Waals surface area contributed by atoms with Crippen molar-refractivity contribution in [1.29, 1.82) is 0 Å². The van der Waals surface area contributed by atoms with Gasteiger partial charge in [0.05, 0.1) is 29.3 Å². The van der Waals surface area contributed by atoms with Crippen molar-refractivity contribution in [2.45, 2.75) is 18.8 Å². The Morgan fingerprint density at radius 3 is 2.67 bits per heavy atom. The van der Waals surface area contributed by atoms with Gasteiger partial charge in [0, 0.05) is 24.9 Å². The number of methoxy groups -OCH3 is 1. The minimum absolute atomic E-state index is 0.0469. The van der Waals surface area contributed by atoms with Crippen LogP contribution in [0.3, 0.4) is 0 Å². The molecule has 1 aromatic heterocycles. The van der Waals surface area contributed by atoms with E-state index in [1.165, 1.54) is 19.2 Å². The zero-order valence-corrected chi connectivity index (χ0v) is 13.5. The maximum atomic E-state index is 13.7. The van der Waals surface area contributed by atoms with E-state index in [0.717, 1.165) is 6.26 Å². The molecule has 1 unspecified atom stereocenters. The van der Waals surface area contributed by atoms with Crippen molar-refractivity contribution in [3.63, 3.8) is 0 Å². The van der Waals surface area contributed by atoms with Crippen LogP contribution in [-0.2, 0) is 16.4 Å². The minimum Gasteiger partial charge on any atom is -0.494 e. The van der Waals surface area contributed by atoms with E-state index in [1.54, 1.807) is 11.5 Å². The third-order valence-corrected chi connectivity index (χ3v) is 4.21. The van der Waals surface area contributed by atoms with Gasteiger partial charge in [0.15, 0.2) is 11.6 Å². The molecular weight excluding hydrogens is 319 g/mol. The molecule has 5 nitrogen and oxygen atoms in total. The molecule has 21 heavy (non-hydrogen) atoms. The van der Waals surface area contributed by atoms with Crippen LogP contribution in [0.2, 0.25) is 0 Å². The summed E-state index contributed by atoms with van der Waals surface area (Å²) in [6, 6.07) is 2.76. The van der Waals surface area contributed by atoms with Crippen LogP contribution in [0.15, 0.2) is 12.1 Å². The summed E-state index contributed by atoms with van der Waals surface area (Å²) in [5.74, 6) is 0.0145. The van der Waals surface area contributed by atoms with Crippen molar-refractivity contribution in [2.24, 2.45) is 0 Å². The number of hydrogen-bond acceptors (Lipinski definition) is 4. The van der Waals surface area contributed by atoms with Gasteiger partial charge in [-0.3, -0.25) is 0 Å². The number of rotatable bonds is 5. The number of alkyl halides is 1. The molecule has 0 N–H and O–H groups in total. The van der Waals surface area contributed by atoms with Crippen molar-refractivity contribution >= 4 is 32.5 Å². The Balaban J connectivity index is 2.60. The molecule has 2 aromatic rings. The highest BCUT2D eigenvalue weighted by atomic mass is 35.5. The van der Waals surface area contributed by atoms with E-state index < -0.39 is 21.0 Å². The van der Waals surface area contributed by atoms with Crippen LogP contribution in [0, 0.1) is 5.82 Å². The predicted octanol–water partition coefficient (Wildman–Crippen LogP) is 2.53. The smallest absolute Gasteiger partial charge is 0.167 e. The fraction of sp³-hybridized carbons (Fsp3) is 0.462. The number of sulfone groups is 1. The van der Waals surface area contributed by atoms with Gasteiger partial charge in [-0.2, -0.15) is 0 Å². The fourth-order valence-electron chi connectivity index (χ4n) is 2.10. The second-order valence-electron chi connectivity index (χ2n) is 4.84. The maximum absolute atomic E-state index is 13.7. The van der Waals surface area contributed by atoms with Gasteiger partial charge in [0.1, 0.15) is 15.7 Å². The standard InChI is InChI=1S/C13H16ClFN2O3S/c1-8(14)13-16-10-6-9(15)12(20-2)7-11(10)17(13)4-5-21(3,18)19/h6-8H,4-5H2,1-3H3. The summed E-state index contributed by atoms with van der Waals surface area (Å²) < 4.78 is 43.1. The molecule has 0 amide bonds. The molecule has 1 atom stereocenters. The first-order chi connectivity index (χ1) is 9.73. The molecule has 0 bridgehead atoms. The normalized spacial score (nSPS) is 13.6. The molecule has 2 rings (SSSR count). The van der Waals surface area contributed by atoms with E-state index in [0.29, 0.717) is 16.9 Å². The van der Waals surface area contributed by atoms with E-state index in [-0.39, 0.29) is 18.0 Å². The van der Waals surface area contributed by atoms with Crippen molar-refractivity contribution in [2.75, 3.05) is 19.1 Å². The lowest BCUT2D eigenvalue weighted by molar-refractivity contribution is 0.387. The average Bonchev–Trinajstić information content (AvgIpc) is 2.72. The average molecular weight is 335 g/mol. The quantitative estimate of drug-likeness (QED) is 0.788. The van der Waals surface area contributed by atoms with Crippen molar-refractivity contribution < 1.29 is 17.5 Å². The van der Waals surface area contributed by atoms with Crippen LogP contribution in [0.25, 0.3) is 11.0 Å². The highest BCUT2D eigenvalue weighted by Crippen LogP contribution is 2.29. The zero-order chi connectivity index (χ0) is 15.8. The minimum atomic E-state index is -3.13. The fourth-order valence-corrected chi connectivity index (χ4v) is 2.78. The van der Waals surface area contributed by atoms with Crippen LogP contribution in [0.5, 0.6) is 5.75 Å². The van der Waals surface area contributed by atoms with Gasteiger partial charge in [-0.25, -0.2) is 17.8 Å². The summed E-state index contributed by atoms with van der Waals surface area (Å²) in [6.07, 6.45) is 1.16. The summed E-state index contributed by atoms with van der Waals surface area (Å²) in [5, 5.41) is -0.425. The number of imidazole rings is 1. The lowest BCUT2D eigenvalue weighted by Crippen LogP contribution is -2.13. The summed E-state index contributed by atoms with van der Waals surface area (Å²) in [4.78, 5) is 4.29. The largest absolute Gasteiger partial charge is 0.494 e. The Bertz CT molecular complexity index is 771. The lowest BCUT2D eigenvalue weighted by atomic mass is 10.3. The highest BCUT2D eigenvalue weighted by Gasteiger charge is 2.18. The Morgan fingerprint density at radius 2 is 2.14 bits per heavy atom. The van der Waals surface area contributed by atoms with Crippen LogP contribution < -0.4 is 4.74 Å². The Morgan fingerprint density at radius 1 is 1.48 bits per heavy atom. The van der Waals surface area contributed by atoms with Gasteiger partial charge in [0.25, 0.3) is 0 Å². The van der Waals surface area contributed by atoms with Crippen molar-refractivity contribution in [3.8, 4) is 5.75 Å². The summed E-state index contributed by atoms with van der Waals surface area (Å²) in [5.41, 5.74) is 1.02. The van der Waals surface area contributed by atoms with Gasteiger partial charge in [-0.1, -0.05) is 0 Å². The molecular formula is C13H16ClFN2O3S. The highest BCUT2D eigenvalue weighted by molar-refractivity contribution is 7.90. The molecule has 8 heteroatoms. The molecule has 0 fully saturated rings. The summed E-state index contributed by atoms with van der Waals surface area (Å²) in [6.45, 7) is 1.93. The van der Waals surface area contributed by atoms with Crippen molar-refractivity contribution in [1.82, 2.24) is 9.55 Å². The SMILES string of the molecule is COc1cc2c(cc1F)nc(C(C)Cl)n2CCS(C)(=O)=O. The second-order valence-corrected chi connectivity index (χ2v) is 7.76. The Kier molecular flexibility index (Phi) is 4.43. The van der Waals surface area contributed by atoms with Gasteiger partial charge in [-0.15, -0.1) is 11.6 Å². The molecule has 0 radical (unpaired) electrons. The second kappa shape index (κ2) is 5.81. The number of ether oxygens (including phenoxy) is 1. The number of fused-ring (bicyclic) bond motifs is 1. The van der Waals surface area contributed by atoms with E-state index in [2.05, 4.69) is 4.98 Å². The molecule has 0 saturated heterocycles. The van der Waals surface area contributed by atoms with E-state index in [4.69, 9.17) is 16.3 Å². The first-order valence-electron chi connectivity index (χ1n) is 6.28. The Labute approximate surface area is 127 Å².